The standard InChI is InChI=1S/C15H14N4O/c16-19-14(20)12-8-4-5-9-13(12)18-15(19)17-10-11-6-2-1-3-7-11/h1-9H,10,16H2,(H,17,18). The molecule has 3 rings (SSSR count). The molecule has 1 heterocycles. The summed E-state index contributed by atoms with van der Waals surface area (Å²) in [5.74, 6) is 6.15. The van der Waals surface area contributed by atoms with Gasteiger partial charge in [0.2, 0.25) is 5.95 Å². The lowest BCUT2D eigenvalue weighted by atomic mass is 10.2. The van der Waals surface area contributed by atoms with Crippen LogP contribution in [-0.2, 0) is 6.54 Å². The van der Waals surface area contributed by atoms with Crippen LogP contribution in [0.5, 0.6) is 0 Å². The molecule has 0 fully saturated rings. The van der Waals surface area contributed by atoms with Crippen molar-refractivity contribution >= 4 is 16.9 Å². The van der Waals surface area contributed by atoms with Gasteiger partial charge in [-0.2, -0.15) is 4.68 Å². The highest BCUT2D eigenvalue weighted by molar-refractivity contribution is 5.78. The monoisotopic (exact) mass is 266 g/mol. The van der Waals surface area contributed by atoms with Crippen molar-refractivity contribution in [3.63, 3.8) is 0 Å². The molecule has 3 N–H and O–H groups in total. The summed E-state index contributed by atoms with van der Waals surface area (Å²) >= 11 is 0. The van der Waals surface area contributed by atoms with Gasteiger partial charge in [-0.25, -0.2) is 4.98 Å². The highest BCUT2D eigenvalue weighted by Gasteiger charge is 2.07. The van der Waals surface area contributed by atoms with Gasteiger partial charge in [-0.3, -0.25) is 4.79 Å². The third-order valence-corrected chi connectivity index (χ3v) is 3.10. The Balaban J connectivity index is 1.96. The number of rotatable bonds is 3. The topological polar surface area (TPSA) is 72.9 Å². The van der Waals surface area contributed by atoms with E-state index in [2.05, 4.69) is 10.3 Å². The first kappa shape index (κ1) is 12.2. The van der Waals surface area contributed by atoms with E-state index in [1.807, 2.05) is 36.4 Å². The van der Waals surface area contributed by atoms with Gasteiger partial charge >= 0.3 is 0 Å². The summed E-state index contributed by atoms with van der Waals surface area (Å²) < 4.78 is 1.05. The lowest BCUT2D eigenvalue weighted by Gasteiger charge is -2.10. The number of para-hydroxylation sites is 1. The molecule has 0 atom stereocenters. The molecular formula is C15H14N4O. The SMILES string of the molecule is Nn1c(NCc2ccccc2)nc2ccccc2c1=O. The summed E-state index contributed by atoms with van der Waals surface area (Å²) in [5.41, 5.74) is 1.47. The van der Waals surface area contributed by atoms with Crippen LogP contribution in [0.2, 0.25) is 0 Å². The molecule has 0 aliphatic rings. The highest BCUT2D eigenvalue weighted by atomic mass is 16.1. The van der Waals surface area contributed by atoms with Crippen LogP contribution < -0.4 is 16.7 Å². The average Bonchev–Trinajstić information content (AvgIpc) is 2.50. The van der Waals surface area contributed by atoms with E-state index in [-0.39, 0.29) is 5.56 Å². The minimum atomic E-state index is -0.258. The Bertz CT molecular complexity index is 796. The molecule has 0 aliphatic carbocycles. The van der Waals surface area contributed by atoms with E-state index >= 15 is 0 Å². The fraction of sp³-hybridized carbons (Fsp3) is 0.0667. The molecule has 0 saturated carbocycles. The molecular weight excluding hydrogens is 252 g/mol. The number of nitrogens with two attached hydrogens (primary N) is 1. The zero-order chi connectivity index (χ0) is 13.9. The van der Waals surface area contributed by atoms with E-state index < -0.39 is 0 Å². The summed E-state index contributed by atoms with van der Waals surface area (Å²) in [6, 6.07) is 17.0. The molecule has 0 spiro atoms. The van der Waals surface area contributed by atoms with Crippen LogP contribution in [0.15, 0.2) is 59.4 Å². The Kier molecular flexibility index (Phi) is 3.09. The van der Waals surface area contributed by atoms with Crippen molar-refractivity contribution in [2.45, 2.75) is 6.54 Å². The Hall–Kier alpha value is -2.82. The molecule has 5 heteroatoms. The molecule has 0 radical (unpaired) electrons. The zero-order valence-electron chi connectivity index (χ0n) is 10.8. The maximum Gasteiger partial charge on any atom is 0.281 e. The molecule has 3 aromatic rings. The molecule has 0 bridgehead atoms. The van der Waals surface area contributed by atoms with Crippen LogP contribution in [0.25, 0.3) is 10.9 Å². The number of hydrogen-bond acceptors (Lipinski definition) is 4. The molecule has 0 saturated heterocycles. The van der Waals surface area contributed by atoms with Crippen molar-refractivity contribution in [3.05, 3.63) is 70.5 Å². The highest BCUT2D eigenvalue weighted by Crippen LogP contribution is 2.10. The molecule has 20 heavy (non-hydrogen) atoms. The van der Waals surface area contributed by atoms with Crippen LogP contribution in [0, 0.1) is 0 Å². The maximum atomic E-state index is 12.1. The Morgan fingerprint density at radius 1 is 1.05 bits per heavy atom. The molecule has 5 nitrogen and oxygen atoms in total. The van der Waals surface area contributed by atoms with E-state index in [4.69, 9.17) is 5.84 Å². The van der Waals surface area contributed by atoms with Gasteiger partial charge in [0.15, 0.2) is 0 Å². The summed E-state index contributed by atoms with van der Waals surface area (Å²) in [6.07, 6.45) is 0. The molecule has 0 aliphatic heterocycles. The number of fused-ring (bicyclic) bond motifs is 1. The van der Waals surface area contributed by atoms with E-state index in [0.29, 0.717) is 23.4 Å². The van der Waals surface area contributed by atoms with Gasteiger partial charge in [0, 0.05) is 6.54 Å². The minimum Gasteiger partial charge on any atom is -0.350 e. The predicted octanol–water partition coefficient (Wildman–Crippen LogP) is 1.72. The summed E-state index contributed by atoms with van der Waals surface area (Å²) in [4.78, 5) is 16.5. The lowest BCUT2D eigenvalue weighted by Crippen LogP contribution is -2.31. The molecule has 100 valence electrons. The molecule has 1 aromatic heterocycles. The van der Waals surface area contributed by atoms with Crippen molar-refractivity contribution in [3.8, 4) is 0 Å². The normalized spacial score (nSPS) is 10.6. The number of benzene rings is 2. The van der Waals surface area contributed by atoms with Gasteiger partial charge in [-0.15, -0.1) is 0 Å². The van der Waals surface area contributed by atoms with Crippen LogP contribution in [0.1, 0.15) is 5.56 Å². The number of nitrogens with one attached hydrogen (secondary N) is 1. The third-order valence-electron chi connectivity index (χ3n) is 3.10. The molecule has 0 amide bonds. The maximum absolute atomic E-state index is 12.1. The number of aromatic nitrogens is 2. The quantitative estimate of drug-likeness (QED) is 0.708. The number of nitrogen functional groups attached to an aromatic ring is 1. The van der Waals surface area contributed by atoms with Crippen LogP contribution in [0.4, 0.5) is 5.95 Å². The zero-order valence-corrected chi connectivity index (χ0v) is 10.8. The summed E-state index contributed by atoms with van der Waals surface area (Å²) in [6.45, 7) is 0.558. The number of nitrogens with zero attached hydrogens (tertiary/aromatic N) is 2. The second-order valence-corrected chi connectivity index (χ2v) is 4.47. The second-order valence-electron chi connectivity index (χ2n) is 4.47. The van der Waals surface area contributed by atoms with Crippen molar-refractivity contribution in [1.29, 1.82) is 0 Å². The Labute approximate surface area is 115 Å². The van der Waals surface area contributed by atoms with Gasteiger partial charge < -0.3 is 11.2 Å². The fourth-order valence-corrected chi connectivity index (χ4v) is 2.05. The summed E-state index contributed by atoms with van der Waals surface area (Å²) in [7, 11) is 0. The number of hydrogen-bond donors (Lipinski definition) is 2. The Morgan fingerprint density at radius 3 is 2.55 bits per heavy atom. The fourth-order valence-electron chi connectivity index (χ4n) is 2.05. The largest absolute Gasteiger partial charge is 0.350 e. The lowest BCUT2D eigenvalue weighted by molar-refractivity contribution is 0.899. The van der Waals surface area contributed by atoms with Gasteiger partial charge in [-0.1, -0.05) is 42.5 Å². The second kappa shape index (κ2) is 5.05. The van der Waals surface area contributed by atoms with Crippen molar-refractivity contribution in [2.24, 2.45) is 0 Å². The van der Waals surface area contributed by atoms with E-state index in [1.54, 1.807) is 18.2 Å². The van der Waals surface area contributed by atoms with Gasteiger partial charge in [0.1, 0.15) is 0 Å². The van der Waals surface area contributed by atoms with Gasteiger partial charge in [0.25, 0.3) is 5.56 Å². The Morgan fingerprint density at radius 2 is 1.75 bits per heavy atom. The van der Waals surface area contributed by atoms with Crippen molar-refractivity contribution in [2.75, 3.05) is 11.2 Å². The van der Waals surface area contributed by atoms with Gasteiger partial charge in [0.05, 0.1) is 10.9 Å². The first-order chi connectivity index (χ1) is 9.75. The minimum absolute atomic E-state index is 0.258. The van der Waals surface area contributed by atoms with Crippen LogP contribution in [0.3, 0.4) is 0 Å². The van der Waals surface area contributed by atoms with E-state index in [0.717, 1.165) is 10.2 Å². The smallest absolute Gasteiger partial charge is 0.281 e. The van der Waals surface area contributed by atoms with Crippen LogP contribution >= 0.6 is 0 Å². The first-order valence-corrected chi connectivity index (χ1v) is 6.30. The number of anilines is 1. The van der Waals surface area contributed by atoms with E-state index in [1.165, 1.54) is 0 Å². The summed E-state index contributed by atoms with van der Waals surface area (Å²) in [5, 5.41) is 3.60. The third kappa shape index (κ3) is 2.21. The average molecular weight is 266 g/mol. The van der Waals surface area contributed by atoms with Crippen molar-refractivity contribution in [1.82, 2.24) is 9.66 Å². The van der Waals surface area contributed by atoms with Crippen molar-refractivity contribution < 1.29 is 0 Å². The van der Waals surface area contributed by atoms with Gasteiger partial charge in [-0.05, 0) is 17.7 Å². The first-order valence-electron chi connectivity index (χ1n) is 6.30. The van der Waals surface area contributed by atoms with E-state index in [9.17, 15) is 4.79 Å². The molecule has 0 unspecified atom stereocenters. The van der Waals surface area contributed by atoms with Crippen LogP contribution in [-0.4, -0.2) is 9.66 Å². The molecule has 2 aromatic carbocycles. The predicted molar refractivity (Wildman–Crippen MR) is 79.9 cm³/mol.